The van der Waals surface area contributed by atoms with Crippen molar-refractivity contribution in [2.24, 2.45) is 0 Å². The van der Waals surface area contributed by atoms with Gasteiger partial charge in [0.05, 0.1) is 39.1 Å². The van der Waals surface area contributed by atoms with E-state index in [9.17, 15) is 0 Å². The molecular weight excluding hydrogens is 628 g/mol. The Bertz CT molecular complexity index is 1450. The molecule has 49 heavy (non-hydrogen) atoms. The van der Waals surface area contributed by atoms with Crippen LogP contribution in [0.25, 0.3) is 0 Å². The molecule has 3 aromatic rings. The quantitative estimate of drug-likeness (QED) is 0.218. The third-order valence-electron chi connectivity index (χ3n) is 9.17. The Hall–Kier alpha value is -2.74. The van der Waals surface area contributed by atoms with E-state index in [0.717, 1.165) is 16.7 Å². The molecule has 9 atom stereocenters. The zero-order valence-corrected chi connectivity index (χ0v) is 28.7. The summed E-state index contributed by atoms with van der Waals surface area (Å²) in [4.78, 5) is 0. The van der Waals surface area contributed by atoms with E-state index in [0.29, 0.717) is 32.8 Å². The van der Waals surface area contributed by atoms with E-state index in [2.05, 4.69) is 24.3 Å². The van der Waals surface area contributed by atoms with Gasteiger partial charge in [-0.3, -0.25) is 0 Å². The highest BCUT2D eigenvalue weighted by Gasteiger charge is 2.60. The van der Waals surface area contributed by atoms with Gasteiger partial charge >= 0.3 is 0 Å². The topological polar surface area (TPSA) is 92.3 Å². The number of fused-ring (bicyclic) bond motifs is 3. The number of ether oxygens (including phenoxy) is 10. The fourth-order valence-electron chi connectivity index (χ4n) is 6.95. The highest BCUT2D eigenvalue weighted by Crippen LogP contribution is 2.44. The molecule has 0 aromatic heterocycles. The fraction of sp³-hybridized carbons (Fsp3) is 0.538. The maximum atomic E-state index is 6.64. The normalized spacial score (nSPS) is 33.2. The van der Waals surface area contributed by atoms with Crippen molar-refractivity contribution in [1.82, 2.24) is 0 Å². The number of hydrogen-bond donors (Lipinski definition) is 0. The summed E-state index contributed by atoms with van der Waals surface area (Å²) in [5.74, 6) is -1.60. The lowest BCUT2D eigenvalue weighted by atomic mass is 9.99. The molecule has 3 aromatic carbocycles. The van der Waals surface area contributed by atoms with Gasteiger partial charge in [0.1, 0.15) is 36.6 Å². The van der Waals surface area contributed by atoms with Crippen LogP contribution in [0.15, 0.2) is 91.0 Å². The van der Waals surface area contributed by atoms with E-state index in [-0.39, 0.29) is 18.8 Å². The van der Waals surface area contributed by atoms with E-state index in [4.69, 9.17) is 47.4 Å². The van der Waals surface area contributed by atoms with Crippen LogP contribution in [0.4, 0.5) is 0 Å². The molecule has 264 valence electrons. The largest absolute Gasteiger partial charge is 0.374 e. The minimum absolute atomic E-state index is 0.191. The van der Waals surface area contributed by atoms with Gasteiger partial charge in [0.2, 0.25) is 0 Å². The highest BCUT2D eigenvalue weighted by atomic mass is 16.9. The van der Waals surface area contributed by atoms with Crippen molar-refractivity contribution in [2.45, 2.75) is 121 Å². The summed E-state index contributed by atoms with van der Waals surface area (Å²) in [6.07, 6.45) is -3.64. The maximum Gasteiger partial charge on any atom is 0.190 e. The summed E-state index contributed by atoms with van der Waals surface area (Å²) >= 11 is 0. The van der Waals surface area contributed by atoms with Crippen molar-refractivity contribution in [3.05, 3.63) is 108 Å². The Morgan fingerprint density at radius 1 is 0.551 bits per heavy atom. The van der Waals surface area contributed by atoms with Crippen molar-refractivity contribution < 1.29 is 47.4 Å². The minimum atomic E-state index is -0.802. The summed E-state index contributed by atoms with van der Waals surface area (Å²) in [6, 6.07) is 30.3. The molecule has 0 saturated carbocycles. The molecule has 0 aliphatic carbocycles. The first-order valence-corrected chi connectivity index (χ1v) is 17.3. The number of hydrogen-bond acceptors (Lipinski definition) is 10. The van der Waals surface area contributed by atoms with Crippen LogP contribution in [0.5, 0.6) is 0 Å². The van der Waals surface area contributed by atoms with E-state index >= 15 is 0 Å². The molecule has 4 saturated heterocycles. The van der Waals surface area contributed by atoms with Gasteiger partial charge in [-0.1, -0.05) is 91.0 Å². The predicted octanol–water partition coefficient (Wildman–Crippen LogP) is 5.90. The Kier molecular flexibility index (Phi) is 10.8. The Balaban J connectivity index is 1.07. The van der Waals surface area contributed by atoms with Gasteiger partial charge in [-0.05, 0) is 44.4 Å². The molecule has 0 N–H and O–H groups in total. The van der Waals surface area contributed by atoms with Crippen LogP contribution in [0, 0.1) is 0 Å². The third kappa shape index (κ3) is 8.77. The Morgan fingerprint density at radius 2 is 1.10 bits per heavy atom. The van der Waals surface area contributed by atoms with E-state index in [1.54, 1.807) is 0 Å². The fourth-order valence-corrected chi connectivity index (χ4v) is 6.95. The summed E-state index contributed by atoms with van der Waals surface area (Å²) in [5, 5.41) is 0. The zero-order chi connectivity index (χ0) is 33.8. The molecule has 4 heterocycles. The zero-order valence-electron chi connectivity index (χ0n) is 28.7. The van der Waals surface area contributed by atoms with Gasteiger partial charge in [-0.15, -0.1) is 0 Å². The number of rotatable bonds is 13. The molecule has 7 rings (SSSR count). The molecule has 4 aliphatic rings. The molecular formula is C39H48O10. The van der Waals surface area contributed by atoms with Gasteiger partial charge in [0.15, 0.2) is 24.2 Å². The standard InChI is InChI=1S/C39H48O10/c1-38(2)46-34-31(45-37-36(35(34)47-38)48-39(3,4)49-37)25-42-32-20-29(41-22-27-16-10-6-11-17-27)33(43-23-28-18-12-7-13-19-28)30(44-32)24-40-21-26-14-8-5-9-15-26/h5-19,29-37H,20-25H2,1-4H3/t29-,30-,31-,32+,33+,34-,35+,36-,37-/m1/s1. The van der Waals surface area contributed by atoms with E-state index in [1.807, 2.05) is 94.4 Å². The molecule has 10 nitrogen and oxygen atoms in total. The number of benzene rings is 3. The smallest absolute Gasteiger partial charge is 0.190 e. The van der Waals surface area contributed by atoms with Crippen molar-refractivity contribution in [1.29, 1.82) is 0 Å². The summed E-state index contributed by atoms with van der Waals surface area (Å²) in [6.45, 7) is 9.30. The lowest BCUT2D eigenvalue weighted by Gasteiger charge is -2.42. The van der Waals surface area contributed by atoms with Crippen LogP contribution in [0.1, 0.15) is 50.8 Å². The Labute approximate surface area is 288 Å². The monoisotopic (exact) mass is 676 g/mol. The molecule has 10 heteroatoms. The van der Waals surface area contributed by atoms with E-state index < -0.39 is 54.7 Å². The highest BCUT2D eigenvalue weighted by molar-refractivity contribution is 5.15. The molecule has 0 bridgehead atoms. The molecule has 4 aliphatic heterocycles. The third-order valence-corrected chi connectivity index (χ3v) is 9.17. The maximum absolute atomic E-state index is 6.64. The van der Waals surface area contributed by atoms with Gasteiger partial charge in [-0.2, -0.15) is 0 Å². The van der Waals surface area contributed by atoms with Crippen LogP contribution in [-0.4, -0.2) is 80.1 Å². The van der Waals surface area contributed by atoms with Crippen LogP contribution < -0.4 is 0 Å². The lowest BCUT2D eigenvalue weighted by Crippen LogP contribution is -2.57. The van der Waals surface area contributed by atoms with E-state index in [1.165, 1.54) is 0 Å². The van der Waals surface area contributed by atoms with Crippen molar-refractivity contribution in [2.75, 3.05) is 13.2 Å². The second kappa shape index (κ2) is 15.2. The molecule has 4 fully saturated rings. The lowest BCUT2D eigenvalue weighted by molar-refractivity contribution is -0.296. The Morgan fingerprint density at radius 3 is 1.76 bits per heavy atom. The van der Waals surface area contributed by atoms with Crippen LogP contribution >= 0.6 is 0 Å². The first-order valence-electron chi connectivity index (χ1n) is 17.3. The van der Waals surface area contributed by atoms with Crippen molar-refractivity contribution in [3.8, 4) is 0 Å². The molecule has 0 spiro atoms. The molecule has 0 amide bonds. The first-order chi connectivity index (χ1) is 23.7. The van der Waals surface area contributed by atoms with Crippen LogP contribution in [-0.2, 0) is 67.2 Å². The molecule has 0 unspecified atom stereocenters. The summed E-state index contributed by atoms with van der Waals surface area (Å²) < 4.78 is 63.9. The van der Waals surface area contributed by atoms with Gasteiger partial charge in [-0.25, -0.2) is 0 Å². The summed E-state index contributed by atoms with van der Waals surface area (Å²) in [5.41, 5.74) is 3.22. The van der Waals surface area contributed by atoms with Gasteiger partial charge < -0.3 is 47.4 Å². The average molecular weight is 677 g/mol. The first kappa shape index (κ1) is 34.7. The second-order valence-electron chi connectivity index (χ2n) is 14.0. The SMILES string of the molecule is CC1(C)O[C@H]2O[C@H](CO[C@@H]3C[C@@H](OCc4ccccc4)[C@H](OCc4ccccc4)[C@@H](COCc4ccccc4)O3)[C@H]3OC(C)(C)O[C@@H]3[C@H]2O1. The summed E-state index contributed by atoms with van der Waals surface area (Å²) in [7, 11) is 0. The van der Waals surface area contributed by atoms with Crippen LogP contribution in [0.2, 0.25) is 0 Å². The van der Waals surface area contributed by atoms with Crippen molar-refractivity contribution in [3.63, 3.8) is 0 Å². The second-order valence-corrected chi connectivity index (χ2v) is 14.0. The molecule has 0 radical (unpaired) electrons. The predicted molar refractivity (Wildman–Crippen MR) is 178 cm³/mol. The van der Waals surface area contributed by atoms with Gasteiger partial charge in [0.25, 0.3) is 0 Å². The van der Waals surface area contributed by atoms with Crippen molar-refractivity contribution >= 4 is 0 Å². The van der Waals surface area contributed by atoms with Gasteiger partial charge in [0, 0.05) is 6.42 Å². The average Bonchev–Trinajstić information content (AvgIpc) is 3.60. The van der Waals surface area contributed by atoms with Crippen LogP contribution in [0.3, 0.4) is 0 Å². The minimum Gasteiger partial charge on any atom is -0.374 e.